The fraction of sp³-hybridized carbons (Fsp3) is 0.0455. The highest BCUT2D eigenvalue weighted by atomic mass is 35.5. The van der Waals surface area contributed by atoms with Crippen molar-refractivity contribution in [1.82, 2.24) is 15.3 Å². The Morgan fingerprint density at radius 1 is 1.00 bits per heavy atom. The number of carbonyl (C=O) groups is 1. The van der Waals surface area contributed by atoms with E-state index in [-0.39, 0.29) is 5.91 Å². The summed E-state index contributed by atoms with van der Waals surface area (Å²) >= 11 is 6.18. The molecule has 132 valence electrons. The lowest BCUT2D eigenvalue weighted by Crippen LogP contribution is -2.23. The average Bonchev–Trinajstić information content (AvgIpc) is 2.73. The van der Waals surface area contributed by atoms with Crippen LogP contribution >= 0.6 is 11.6 Å². The first-order valence-electron chi connectivity index (χ1n) is 8.54. The van der Waals surface area contributed by atoms with Crippen LogP contribution in [-0.4, -0.2) is 15.9 Å². The molecule has 4 rings (SSSR count). The van der Waals surface area contributed by atoms with Gasteiger partial charge >= 0.3 is 0 Å². The average molecular weight is 374 g/mol. The summed E-state index contributed by atoms with van der Waals surface area (Å²) in [4.78, 5) is 21.7. The Morgan fingerprint density at radius 3 is 2.59 bits per heavy atom. The van der Waals surface area contributed by atoms with Gasteiger partial charge in [0, 0.05) is 34.9 Å². The number of nitrogens with one attached hydrogen (secondary N) is 1. The van der Waals surface area contributed by atoms with Crippen molar-refractivity contribution < 1.29 is 4.79 Å². The van der Waals surface area contributed by atoms with Gasteiger partial charge in [-0.15, -0.1) is 0 Å². The summed E-state index contributed by atoms with van der Waals surface area (Å²) < 4.78 is 0. The molecule has 0 bridgehead atoms. The Hall–Kier alpha value is -3.24. The van der Waals surface area contributed by atoms with Crippen LogP contribution in [-0.2, 0) is 6.54 Å². The van der Waals surface area contributed by atoms with E-state index in [1.54, 1.807) is 18.5 Å². The highest BCUT2D eigenvalue weighted by Gasteiger charge is 2.14. The maximum atomic E-state index is 12.9. The van der Waals surface area contributed by atoms with Gasteiger partial charge in [0.25, 0.3) is 5.91 Å². The molecule has 0 atom stereocenters. The summed E-state index contributed by atoms with van der Waals surface area (Å²) in [5.74, 6) is -0.187. The number of benzene rings is 2. The summed E-state index contributed by atoms with van der Waals surface area (Å²) in [6.45, 7) is 0.350. The van der Waals surface area contributed by atoms with E-state index in [2.05, 4.69) is 15.3 Å². The Kier molecular flexibility index (Phi) is 4.81. The van der Waals surface area contributed by atoms with Crippen molar-refractivity contribution in [3.05, 3.63) is 95.3 Å². The first-order chi connectivity index (χ1) is 13.2. The van der Waals surface area contributed by atoms with Crippen molar-refractivity contribution in [3.63, 3.8) is 0 Å². The van der Waals surface area contributed by atoms with Crippen molar-refractivity contribution in [3.8, 4) is 11.3 Å². The third kappa shape index (κ3) is 3.66. The third-order valence-electron chi connectivity index (χ3n) is 4.32. The Balaban J connectivity index is 1.71. The molecule has 2 aromatic carbocycles. The minimum absolute atomic E-state index is 0.187. The van der Waals surface area contributed by atoms with E-state index in [9.17, 15) is 4.79 Å². The molecule has 0 saturated carbocycles. The highest BCUT2D eigenvalue weighted by molar-refractivity contribution is 6.31. The first kappa shape index (κ1) is 17.2. The van der Waals surface area contributed by atoms with Crippen LogP contribution in [0.25, 0.3) is 22.2 Å². The minimum atomic E-state index is -0.187. The predicted molar refractivity (Wildman–Crippen MR) is 108 cm³/mol. The quantitative estimate of drug-likeness (QED) is 0.554. The molecule has 4 aromatic rings. The van der Waals surface area contributed by atoms with Gasteiger partial charge in [0.05, 0.1) is 16.8 Å². The molecular weight excluding hydrogens is 358 g/mol. The van der Waals surface area contributed by atoms with E-state index in [1.165, 1.54) is 0 Å². The van der Waals surface area contributed by atoms with Crippen molar-refractivity contribution in [1.29, 1.82) is 0 Å². The Bertz CT molecular complexity index is 1110. The van der Waals surface area contributed by atoms with Gasteiger partial charge < -0.3 is 5.32 Å². The minimum Gasteiger partial charge on any atom is -0.348 e. The largest absolute Gasteiger partial charge is 0.348 e. The van der Waals surface area contributed by atoms with Gasteiger partial charge in [-0.05, 0) is 23.8 Å². The van der Waals surface area contributed by atoms with Gasteiger partial charge in [-0.25, -0.2) is 4.98 Å². The smallest absolute Gasteiger partial charge is 0.252 e. The van der Waals surface area contributed by atoms with Crippen molar-refractivity contribution in [2.75, 3.05) is 0 Å². The summed E-state index contributed by atoms with van der Waals surface area (Å²) in [6.07, 6.45) is 3.34. The molecule has 0 fully saturated rings. The number of amides is 1. The zero-order valence-electron chi connectivity index (χ0n) is 14.4. The number of fused-ring (bicyclic) bond motifs is 1. The third-order valence-corrected chi connectivity index (χ3v) is 4.69. The van der Waals surface area contributed by atoms with Crippen LogP contribution in [0, 0.1) is 0 Å². The number of pyridine rings is 2. The number of rotatable bonds is 4. The van der Waals surface area contributed by atoms with Gasteiger partial charge in [-0.3, -0.25) is 9.78 Å². The lowest BCUT2D eigenvalue weighted by atomic mass is 10.0. The monoisotopic (exact) mass is 373 g/mol. The molecule has 2 heterocycles. The zero-order valence-corrected chi connectivity index (χ0v) is 15.1. The Morgan fingerprint density at radius 2 is 1.78 bits per heavy atom. The molecule has 1 N–H and O–H groups in total. The highest BCUT2D eigenvalue weighted by Crippen LogP contribution is 2.24. The lowest BCUT2D eigenvalue weighted by Gasteiger charge is -2.11. The molecule has 2 aromatic heterocycles. The van der Waals surface area contributed by atoms with E-state index < -0.39 is 0 Å². The van der Waals surface area contributed by atoms with Crippen molar-refractivity contribution in [2.24, 2.45) is 0 Å². The predicted octanol–water partition coefficient (Wildman–Crippen LogP) is 4.88. The molecule has 0 saturated heterocycles. The summed E-state index contributed by atoms with van der Waals surface area (Å²) in [5, 5.41) is 4.29. The van der Waals surface area contributed by atoms with Crippen LogP contribution in [0.2, 0.25) is 5.02 Å². The van der Waals surface area contributed by atoms with Gasteiger partial charge in [-0.1, -0.05) is 60.1 Å². The SMILES string of the molecule is O=C(NCc1ccccc1Cl)c1cc(-c2ccccc2)nc2ccncc12. The summed E-state index contributed by atoms with van der Waals surface area (Å²) in [6, 6.07) is 20.9. The molecule has 0 spiro atoms. The lowest BCUT2D eigenvalue weighted by molar-refractivity contribution is 0.0952. The molecule has 1 amide bonds. The van der Waals surface area contributed by atoms with Crippen LogP contribution in [0.3, 0.4) is 0 Å². The second-order valence-electron chi connectivity index (χ2n) is 6.09. The molecule has 0 aliphatic carbocycles. The van der Waals surface area contributed by atoms with Crippen LogP contribution in [0.15, 0.2) is 79.1 Å². The molecular formula is C22H16ClN3O. The normalized spacial score (nSPS) is 10.7. The summed E-state index contributed by atoms with van der Waals surface area (Å²) in [5.41, 5.74) is 3.84. The van der Waals surface area contributed by atoms with Gasteiger partial charge in [-0.2, -0.15) is 0 Å². The fourth-order valence-corrected chi connectivity index (χ4v) is 3.13. The number of nitrogens with zero attached hydrogens (tertiary/aromatic N) is 2. The van der Waals surface area contributed by atoms with Crippen molar-refractivity contribution >= 4 is 28.4 Å². The molecule has 0 aliphatic rings. The van der Waals surface area contributed by atoms with Gasteiger partial charge in [0.2, 0.25) is 0 Å². The van der Waals surface area contributed by atoms with E-state index in [4.69, 9.17) is 11.6 Å². The van der Waals surface area contributed by atoms with E-state index >= 15 is 0 Å². The molecule has 0 unspecified atom stereocenters. The first-order valence-corrected chi connectivity index (χ1v) is 8.92. The van der Waals surface area contributed by atoms with E-state index in [0.717, 1.165) is 22.3 Å². The molecule has 4 nitrogen and oxygen atoms in total. The number of halogens is 1. The molecule has 27 heavy (non-hydrogen) atoms. The molecule has 5 heteroatoms. The number of hydrogen-bond donors (Lipinski definition) is 1. The van der Waals surface area contributed by atoms with E-state index in [1.807, 2.05) is 60.7 Å². The number of carbonyl (C=O) groups excluding carboxylic acids is 1. The second kappa shape index (κ2) is 7.56. The summed E-state index contributed by atoms with van der Waals surface area (Å²) in [7, 11) is 0. The molecule has 0 aliphatic heterocycles. The van der Waals surface area contributed by atoms with Crippen molar-refractivity contribution in [2.45, 2.75) is 6.54 Å². The number of aromatic nitrogens is 2. The van der Waals surface area contributed by atoms with E-state index in [0.29, 0.717) is 22.5 Å². The second-order valence-corrected chi connectivity index (χ2v) is 6.50. The zero-order chi connectivity index (χ0) is 18.6. The van der Waals surface area contributed by atoms with Crippen LogP contribution in [0.1, 0.15) is 15.9 Å². The maximum absolute atomic E-state index is 12.9. The van der Waals surface area contributed by atoms with Crippen LogP contribution in [0.4, 0.5) is 0 Å². The maximum Gasteiger partial charge on any atom is 0.252 e. The fourth-order valence-electron chi connectivity index (χ4n) is 2.93. The standard InChI is InChI=1S/C22H16ClN3O/c23-19-9-5-4-8-16(19)13-25-22(27)17-12-21(15-6-2-1-3-7-15)26-20-10-11-24-14-18(17)20/h1-12,14H,13H2,(H,25,27). The van der Waals surface area contributed by atoms with Crippen LogP contribution in [0.5, 0.6) is 0 Å². The number of hydrogen-bond acceptors (Lipinski definition) is 3. The Labute approximate surface area is 161 Å². The van der Waals surface area contributed by atoms with Gasteiger partial charge in [0.15, 0.2) is 0 Å². The molecule has 0 radical (unpaired) electrons. The van der Waals surface area contributed by atoms with Crippen LogP contribution < -0.4 is 5.32 Å². The topological polar surface area (TPSA) is 54.9 Å². The van der Waals surface area contributed by atoms with Gasteiger partial charge in [0.1, 0.15) is 0 Å².